The van der Waals surface area contributed by atoms with Crippen molar-refractivity contribution in [1.82, 2.24) is 4.98 Å². The minimum absolute atomic E-state index is 0.386. The van der Waals surface area contributed by atoms with Crippen LogP contribution in [0.1, 0.15) is 12.8 Å². The van der Waals surface area contributed by atoms with Crippen molar-refractivity contribution in [1.29, 1.82) is 0 Å². The zero-order chi connectivity index (χ0) is 11.8. The highest BCUT2D eigenvalue weighted by Gasteiger charge is 2.31. The number of anilines is 1. The van der Waals surface area contributed by atoms with Crippen molar-refractivity contribution >= 4 is 33.2 Å². The van der Waals surface area contributed by atoms with Gasteiger partial charge in [-0.2, -0.15) is 0 Å². The second kappa shape index (κ2) is 4.00. The average Bonchev–Trinajstić information content (AvgIpc) is 2.97. The molecular weight excluding hydrogens is 236 g/mol. The summed E-state index contributed by atoms with van der Waals surface area (Å²) < 4.78 is 1.08. The van der Waals surface area contributed by atoms with Gasteiger partial charge in [0.2, 0.25) is 0 Å². The van der Waals surface area contributed by atoms with Gasteiger partial charge in [0.15, 0.2) is 0 Å². The lowest BCUT2D eigenvalue weighted by Crippen LogP contribution is -2.35. The maximum atomic E-state index is 11.2. The highest BCUT2D eigenvalue weighted by atomic mass is 32.1. The topological polar surface area (TPSA) is 53.4 Å². The van der Waals surface area contributed by atoms with Crippen LogP contribution in [0.15, 0.2) is 23.7 Å². The molecule has 1 unspecified atom stereocenters. The van der Waals surface area contributed by atoms with Gasteiger partial charge in [0.05, 0.1) is 21.4 Å². The first-order chi connectivity index (χ1) is 8.27. The first-order valence-electron chi connectivity index (χ1n) is 5.59. The fraction of sp³-hybridized carbons (Fsp3) is 0.333. The molecule has 2 aromatic rings. The number of aromatic nitrogens is 1. The predicted molar refractivity (Wildman–Crippen MR) is 67.6 cm³/mol. The van der Waals surface area contributed by atoms with E-state index in [9.17, 15) is 9.90 Å². The van der Waals surface area contributed by atoms with Gasteiger partial charge in [0.1, 0.15) is 6.04 Å². The molecule has 2 heterocycles. The summed E-state index contributed by atoms with van der Waals surface area (Å²) in [5.41, 5.74) is 3.76. The standard InChI is InChI=1S/C12H12N2O2S/c15-12(16)10-5-2-6-14(10)9-4-1-3-8-11(9)17-7-13-8/h1,3-4,7,10H,2,5-6H2,(H,15,16). The van der Waals surface area contributed by atoms with Crippen LogP contribution in [0.3, 0.4) is 0 Å². The Morgan fingerprint density at radius 3 is 3.24 bits per heavy atom. The van der Waals surface area contributed by atoms with E-state index in [1.54, 1.807) is 16.8 Å². The number of thiazole rings is 1. The van der Waals surface area contributed by atoms with Crippen molar-refractivity contribution in [3.63, 3.8) is 0 Å². The molecule has 1 aromatic carbocycles. The van der Waals surface area contributed by atoms with Gasteiger partial charge in [-0.3, -0.25) is 0 Å². The van der Waals surface area contributed by atoms with Gasteiger partial charge in [0, 0.05) is 6.54 Å². The molecule has 0 aliphatic carbocycles. The molecule has 1 aliphatic rings. The summed E-state index contributed by atoms with van der Waals surface area (Å²) in [6, 6.07) is 5.50. The predicted octanol–water partition coefficient (Wildman–Crippen LogP) is 2.35. The number of benzene rings is 1. The van der Waals surface area contributed by atoms with E-state index in [2.05, 4.69) is 4.98 Å². The third kappa shape index (κ3) is 1.67. The van der Waals surface area contributed by atoms with Gasteiger partial charge in [-0.25, -0.2) is 9.78 Å². The number of aliphatic carboxylic acids is 1. The minimum Gasteiger partial charge on any atom is -0.480 e. The summed E-state index contributed by atoms with van der Waals surface area (Å²) in [5, 5.41) is 9.21. The van der Waals surface area contributed by atoms with Crippen LogP contribution < -0.4 is 4.90 Å². The van der Waals surface area contributed by atoms with E-state index in [1.807, 2.05) is 23.1 Å². The largest absolute Gasteiger partial charge is 0.480 e. The monoisotopic (exact) mass is 248 g/mol. The molecule has 0 amide bonds. The van der Waals surface area contributed by atoms with Crippen molar-refractivity contribution in [2.24, 2.45) is 0 Å². The molecule has 1 atom stereocenters. The first kappa shape index (κ1) is 10.5. The van der Waals surface area contributed by atoms with E-state index in [0.717, 1.165) is 35.3 Å². The summed E-state index contributed by atoms with van der Waals surface area (Å²) in [6.07, 6.45) is 1.66. The zero-order valence-electron chi connectivity index (χ0n) is 9.17. The van der Waals surface area contributed by atoms with Gasteiger partial charge < -0.3 is 10.0 Å². The third-order valence-corrected chi connectivity index (χ3v) is 4.05. The molecule has 0 saturated carbocycles. The molecule has 1 aliphatic heterocycles. The lowest BCUT2D eigenvalue weighted by atomic mass is 10.2. The highest BCUT2D eigenvalue weighted by molar-refractivity contribution is 7.17. The second-order valence-electron chi connectivity index (χ2n) is 4.17. The van der Waals surface area contributed by atoms with Gasteiger partial charge in [0.25, 0.3) is 0 Å². The molecule has 88 valence electrons. The van der Waals surface area contributed by atoms with E-state index < -0.39 is 5.97 Å². The van der Waals surface area contributed by atoms with E-state index in [4.69, 9.17) is 0 Å². The van der Waals surface area contributed by atoms with Crippen LogP contribution >= 0.6 is 11.3 Å². The highest BCUT2D eigenvalue weighted by Crippen LogP contribution is 2.34. The van der Waals surface area contributed by atoms with Crippen LogP contribution in [0, 0.1) is 0 Å². The summed E-state index contributed by atoms with van der Waals surface area (Å²) in [4.78, 5) is 17.5. The van der Waals surface area contributed by atoms with E-state index in [1.165, 1.54) is 0 Å². The average molecular weight is 248 g/mol. The van der Waals surface area contributed by atoms with Crippen LogP contribution in [0.4, 0.5) is 5.69 Å². The molecule has 0 radical (unpaired) electrons. The molecule has 0 bridgehead atoms. The molecule has 0 spiro atoms. The van der Waals surface area contributed by atoms with Crippen molar-refractivity contribution in [2.75, 3.05) is 11.4 Å². The van der Waals surface area contributed by atoms with Crippen molar-refractivity contribution in [3.8, 4) is 0 Å². The molecule has 1 saturated heterocycles. The lowest BCUT2D eigenvalue weighted by molar-refractivity contribution is -0.138. The van der Waals surface area contributed by atoms with Crippen LogP contribution in [0.25, 0.3) is 10.2 Å². The second-order valence-corrected chi connectivity index (χ2v) is 5.02. The Morgan fingerprint density at radius 1 is 1.53 bits per heavy atom. The number of hydrogen-bond acceptors (Lipinski definition) is 4. The fourth-order valence-electron chi connectivity index (χ4n) is 2.41. The first-order valence-corrected chi connectivity index (χ1v) is 6.47. The van der Waals surface area contributed by atoms with Gasteiger partial charge in [-0.05, 0) is 25.0 Å². The Bertz CT molecular complexity index is 566. The molecule has 1 fully saturated rings. The van der Waals surface area contributed by atoms with Crippen molar-refractivity contribution in [3.05, 3.63) is 23.7 Å². The van der Waals surface area contributed by atoms with E-state index in [-0.39, 0.29) is 6.04 Å². The number of carbonyl (C=O) groups is 1. The number of carboxylic acid groups (broad SMARTS) is 1. The Kier molecular flexibility index (Phi) is 2.48. The van der Waals surface area contributed by atoms with Crippen LogP contribution in [0.5, 0.6) is 0 Å². The van der Waals surface area contributed by atoms with Gasteiger partial charge in [-0.15, -0.1) is 11.3 Å². The van der Waals surface area contributed by atoms with E-state index in [0.29, 0.717) is 0 Å². The van der Waals surface area contributed by atoms with Crippen LogP contribution in [-0.4, -0.2) is 28.6 Å². The maximum Gasteiger partial charge on any atom is 0.326 e. The number of carboxylic acids is 1. The normalized spacial score (nSPS) is 20.0. The molecule has 5 heteroatoms. The molecule has 1 N–H and O–H groups in total. The Balaban J connectivity index is 2.08. The summed E-state index contributed by atoms with van der Waals surface area (Å²) in [7, 11) is 0. The summed E-state index contributed by atoms with van der Waals surface area (Å²) in [6.45, 7) is 0.813. The van der Waals surface area contributed by atoms with E-state index >= 15 is 0 Å². The number of hydrogen-bond donors (Lipinski definition) is 1. The third-order valence-electron chi connectivity index (χ3n) is 3.18. The van der Waals surface area contributed by atoms with Gasteiger partial charge in [-0.1, -0.05) is 6.07 Å². The van der Waals surface area contributed by atoms with Crippen LogP contribution in [0.2, 0.25) is 0 Å². The van der Waals surface area contributed by atoms with Crippen LogP contribution in [-0.2, 0) is 4.79 Å². The molecular formula is C12H12N2O2S. The molecule has 4 nitrogen and oxygen atoms in total. The fourth-order valence-corrected chi connectivity index (χ4v) is 3.23. The molecule has 1 aromatic heterocycles. The maximum absolute atomic E-state index is 11.2. The number of nitrogens with zero attached hydrogens (tertiary/aromatic N) is 2. The van der Waals surface area contributed by atoms with Crippen molar-refractivity contribution < 1.29 is 9.90 Å². The number of fused-ring (bicyclic) bond motifs is 1. The Morgan fingerprint density at radius 2 is 2.41 bits per heavy atom. The van der Waals surface area contributed by atoms with Crippen molar-refractivity contribution in [2.45, 2.75) is 18.9 Å². The quantitative estimate of drug-likeness (QED) is 0.886. The molecule has 17 heavy (non-hydrogen) atoms. The minimum atomic E-state index is -0.732. The zero-order valence-corrected chi connectivity index (χ0v) is 9.98. The molecule has 3 rings (SSSR count). The number of rotatable bonds is 2. The Labute approximate surface area is 103 Å². The summed E-state index contributed by atoms with van der Waals surface area (Å²) >= 11 is 1.57. The Hall–Kier alpha value is -1.62. The SMILES string of the molecule is O=C(O)C1CCCN1c1cccc2ncsc12. The van der Waals surface area contributed by atoms with Gasteiger partial charge >= 0.3 is 5.97 Å². The lowest BCUT2D eigenvalue weighted by Gasteiger charge is -2.23. The summed E-state index contributed by atoms with van der Waals surface area (Å²) in [5.74, 6) is -0.732. The smallest absolute Gasteiger partial charge is 0.326 e.